The van der Waals surface area contributed by atoms with Crippen molar-refractivity contribution in [3.05, 3.63) is 18.2 Å². The van der Waals surface area contributed by atoms with Gasteiger partial charge in [0.2, 0.25) is 17.7 Å². The lowest BCUT2D eigenvalue weighted by molar-refractivity contribution is -0.142. The number of H-pyrrole nitrogens is 1. The molecule has 0 saturated carbocycles. The minimum atomic E-state index is -1.16. The number of rotatable bonds is 13. The van der Waals surface area contributed by atoms with Crippen LogP contribution in [0.2, 0.25) is 0 Å². The summed E-state index contributed by atoms with van der Waals surface area (Å²) in [5, 5.41) is 20.2. The van der Waals surface area contributed by atoms with E-state index in [-0.39, 0.29) is 24.8 Å². The minimum Gasteiger partial charge on any atom is -0.480 e. The Morgan fingerprint density at radius 1 is 1.19 bits per heavy atom. The Morgan fingerprint density at radius 3 is 2.53 bits per heavy atom. The van der Waals surface area contributed by atoms with Crippen molar-refractivity contribution >= 4 is 23.7 Å². The van der Waals surface area contributed by atoms with Crippen LogP contribution in [0.3, 0.4) is 0 Å². The van der Waals surface area contributed by atoms with Crippen LogP contribution in [0.4, 0.5) is 0 Å². The monoisotopic (exact) mass is 451 g/mol. The molecule has 4 atom stereocenters. The number of carboxylic acid groups (broad SMARTS) is 1. The van der Waals surface area contributed by atoms with E-state index < -0.39 is 35.9 Å². The van der Waals surface area contributed by atoms with E-state index in [1.165, 1.54) is 19.4 Å². The number of hydrogen-bond donors (Lipinski definition) is 7. The third-order valence-electron chi connectivity index (χ3n) is 5.30. The van der Waals surface area contributed by atoms with E-state index >= 15 is 0 Å². The molecule has 8 N–H and O–H groups in total. The number of imidazole rings is 1. The van der Waals surface area contributed by atoms with Gasteiger partial charge in [-0.1, -0.05) is 0 Å². The van der Waals surface area contributed by atoms with Gasteiger partial charge >= 0.3 is 5.97 Å². The second-order valence-corrected chi connectivity index (χ2v) is 7.91. The number of nitrogens with zero attached hydrogens (tertiary/aromatic N) is 1. The normalized spacial score (nSPS) is 18.4. The highest BCUT2D eigenvalue weighted by Crippen LogP contribution is 2.06. The Morgan fingerprint density at radius 2 is 1.94 bits per heavy atom. The van der Waals surface area contributed by atoms with Gasteiger partial charge < -0.3 is 37.1 Å². The number of nitrogens with one attached hydrogen (secondary N) is 5. The molecule has 12 nitrogen and oxygen atoms in total. The molecule has 1 aliphatic heterocycles. The van der Waals surface area contributed by atoms with Crippen molar-refractivity contribution in [2.75, 3.05) is 13.1 Å². The third kappa shape index (κ3) is 7.93. The topological polar surface area (TPSA) is 191 Å². The summed E-state index contributed by atoms with van der Waals surface area (Å²) in [5.41, 5.74) is 6.04. The number of aromatic nitrogens is 2. The smallest absolute Gasteiger partial charge is 0.326 e. The SMILES string of the molecule is CC(NC(=O)C1CCCN1)C(=O)NC(Cc1cnc[nH]1)C(=O)NC(CCCCN)C(=O)O. The molecular weight excluding hydrogens is 418 g/mol. The van der Waals surface area contributed by atoms with Crippen LogP contribution in [0.5, 0.6) is 0 Å². The molecule has 32 heavy (non-hydrogen) atoms. The summed E-state index contributed by atoms with van der Waals surface area (Å²) in [4.78, 5) is 56.1. The van der Waals surface area contributed by atoms with Gasteiger partial charge in [0.25, 0.3) is 0 Å². The first kappa shape index (κ1) is 25.3. The lowest BCUT2D eigenvalue weighted by atomic mass is 10.1. The summed E-state index contributed by atoms with van der Waals surface area (Å²) < 4.78 is 0. The molecule has 1 aromatic heterocycles. The number of aromatic amines is 1. The van der Waals surface area contributed by atoms with Crippen LogP contribution in [-0.4, -0.2) is 76.0 Å². The Labute approximate surface area is 186 Å². The summed E-state index contributed by atoms with van der Waals surface area (Å²) in [7, 11) is 0. The zero-order valence-corrected chi connectivity index (χ0v) is 18.2. The van der Waals surface area contributed by atoms with Crippen molar-refractivity contribution in [2.24, 2.45) is 5.73 Å². The Hall–Kier alpha value is -2.99. The Balaban J connectivity index is 2.01. The van der Waals surface area contributed by atoms with Crippen LogP contribution in [0, 0.1) is 0 Å². The number of carbonyl (C=O) groups excluding carboxylic acids is 3. The van der Waals surface area contributed by atoms with Crippen molar-refractivity contribution in [1.29, 1.82) is 0 Å². The first-order valence-electron chi connectivity index (χ1n) is 10.9. The molecule has 0 aromatic carbocycles. The van der Waals surface area contributed by atoms with Crippen LogP contribution in [0.15, 0.2) is 12.5 Å². The van der Waals surface area contributed by atoms with Crippen molar-refractivity contribution in [1.82, 2.24) is 31.2 Å². The highest BCUT2D eigenvalue weighted by atomic mass is 16.4. The number of carbonyl (C=O) groups is 4. The fourth-order valence-electron chi connectivity index (χ4n) is 3.43. The largest absolute Gasteiger partial charge is 0.480 e. The molecule has 1 fully saturated rings. The number of carboxylic acids is 1. The molecular formula is C20H33N7O5. The molecule has 0 bridgehead atoms. The molecule has 0 radical (unpaired) electrons. The second kappa shape index (κ2) is 12.8. The first-order valence-corrected chi connectivity index (χ1v) is 10.9. The van der Waals surface area contributed by atoms with Gasteiger partial charge in [-0.3, -0.25) is 14.4 Å². The summed E-state index contributed by atoms with van der Waals surface area (Å²) in [6.45, 7) is 2.71. The van der Waals surface area contributed by atoms with Gasteiger partial charge in [0.1, 0.15) is 18.1 Å². The van der Waals surface area contributed by atoms with Crippen molar-refractivity contribution in [3.63, 3.8) is 0 Å². The molecule has 1 aliphatic rings. The molecule has 1 saturated heterocycles. The minimum absolute atomic E-state index is 0.0809. The van der Waals surface area contributed by atoms with Gasteiger partial charge in [-0.15, -0.1) is 0 Å². The number of nitrogens with two attached hydrogens (primary N) is 1. The summed E-state index contributed by atoms with van der Waals surface area (Å²) in [6, 6.07) is -3.36. The van der Waals surface area contributed by atoms with Crippen LogP contribution in [0.25, 0.3) is 0 Å². The highest BCUT2D eigenvalue weighted by molar-refractivity contribution is 5.94. The van der Waals surface area contributed by atoms with E-state index in [4.69, 9.17) is 5.73 Å². The standard InChI is InChI=1S/C20H33N7O5/c1-12(25-18(29)14-6-4-8-23-14)17(28)27-16(9-13-10-22-11-24-13)19(30)26-15(20(31)32)5-2-3-7-21/h10-12,14-16,23H,2-9,21H2,1H3,(H,22,24)(H,25,29)(H,26,30)(H,27,28)(H,31,32). The molecule has 0 aliphatic carbocycles. The van der Waals surface area contributed by atoms with Crippen molar-refractivity contribution in [2.45, 2.75) is 69.6 Å². The molecule has 2 heterocycles. The zero-order valence-electron chi connectivity index (χ0n) is 18.2. The van der Waals surface area contributed by atoms with Gasteiger partial charge in [0, 0.05) is 18.3 Å². The van der Waals surface area contributed by atoms with E-state index in [9.17, 15) is 24.3 Å². The van der Waals surface area contributed by atoms with E-state index in [2.05, 4.69) is 31.2 Å². The summed E-state index contributed by atoms with van der Waals surface area (Å²) in [5.74, 6) is -2.62. The van der Waals surface area contributed by atoms with Crippen molar-refractivity contribution in [3.8, 4) is 0 Å². The molecule has 3 amide bonds. The maximum atomic E-state index is 12.9. The maximum absolute atomic E-state index is 12.9. The fourth-order valence-corrected chi connectivity index (χ4v) is 3.43. The van der Waals surface area contributed by atoms with Gasteiger partial charge in [-0.25, -0.2) is 9.78 Å². The molecule has 4 unspecified atom stereocenters. The third-order valence-corrected chi connectivity index (χ3v) is 5.30. The van der Waals surface area contributed by atoms with Gasteiger partial charge in [0.15, 0.2) is 0 Å². The van der Waals surface area contributed by atoms with E-state index in [0.717, 1.165) is 13.0 Å². The Bertz CT molecular complexity index is 764. The number of unbranched alkanes of at least 4 members (excludes halogenated alkanes) is 1. The van der Waals surface area contributed by atoms with E-state index in [1.54, 1.807) is 0 Å². The highest BCUT2D eigenvalue weighted by Gasteiger charge is 2.30. The predicted octanol–water partition coefficient (Wildman–Crippen LogP) is -1.61. The first-order chi connectivity index (χ1) is 15.3. The molecule has 2 rings (SSSR count). The van der Waals surface area contributed by atoms with Crippen LogP contribution in [-0.2, 0) is 25.6 Å². The van der Waals surface area contributed by atoms with E-state index in [0.29, 0.717) is 31.5 Å². The Kier molecular flexibility index (Phi) is 10.1. The van der Waals surface area contributed by atoms with Crippen LogP contribution in [0.1, 0.15) is 44.7 Å². The summed E-state index contributed by atoms with van der Waals surface area (Å²) in [6.07, 6.45) is 6.04. The number of amides is 3. The maximum Gasteiger partial charge on any atom is 0.326 e. The number of aliphatic carboxylic acids is 1. The van der Waals surface area contributed by atoms with Gasteiger partial charge in [-0.05, 0) is 52.1 Å². The summed E-state index contributed by atoms with van der Waals surface area (Å²) >= 11 is 0. The van der Waals surface area contributed by atoms with E-state index in [1.807, 2.05) is 0 Å². The molecule has 178 valence electrons. The van der Waals surface area contributed by atoms with Crippen LogP contribution >= 0.6 is 0 Å². The quantitative estimate of drug-likeness (QED) is 0.174. The van der Waals surface area contributed by atoms with Gasteiger partial charge in [0.05, 0.1) is 12.4 Å². The second-order valence-electron chi connectivity index (χ2n) is 7.91. The fraction of sp³-hybridized carbons (Fsp3) is 0.650. The number of hydrogen-bond acceptors (Lipinski definition) is 7. The van der Waals surface area contributed by atoms with Crippen molar-refractivity contribution < 1.29 is 24.3 Å². The van der Waals surface area contributed by atoms with Gasteiger partial charge in [-0.2, -0.15) is 0 Å². The zero-order chi connectivity index (χ0) is 23.5. The average molecular weight is 452 g/mol. The lowest BCUT2D eigenvalue weighted by Gasteiger charge is -2.23. The molecule has 12 heteroatoms. The lowest BCUT2D eigenvalue weighted by Crippen LogP contribution is -2.56. The van der Waals surface area contributed by atoms with Crippen LogP contribution < -0.4 is 27.0 Å². The average Bonchev–Trinajstić information content (AvgIpc) is 3.46. The predicted molar refractivity (Wildman–Crippen MR) is 115 cm³/mol. The molecule has 1 aromatic rings. The molecule has 0 spiro atoms.